The smallest absolute Gasteiger partial charge is 0.124 e. The van der Waals surface area contributed by atoms with Gasteiger partial charge in [-0.1, -0.05) is 5.16 Å². The Morgan fingerprint density at radius 2 is 2.62 bits per heavy atom. The molecule has 1 aliphatic rings. The van der Waals surface area contributed by atoms with Gasteiger partial charge in [0.05, 0.1) is 11.3 Å². The van der Waals surface area contributed by atoms with E-state index in [0.717, 1.165) is 25.1 Å². The summed E-state index contributed by atoms with van der Waals surface area (Å²) in [6.45, 7) is 1.65. The van der Waals surface area contributed by atoms with Gasteiger partial charge in [0.25, 0.3) is 0 Å². The monoisotopic (exact) mass is 182 g/mol. The van der Waals surface area contributed by atoms with Crippen molar-refractivity contribution >= 4 is 0 Å². The Morgan fingerprint density at radius 3 is 3.23 bits per heavy atom. The standard InChI is InChI=1S/C9H14N2O2/c12-9(3-1-4-10-7-9)6-8-2-5-13-11-8/h2,5,10,12H,1,3-4,6-7H2. The molecule has 1 fully saturated rings. The van der Waals surface area contributed by atoms with Crippen LogP contribution >= 0.6 is 0 Å². The lowest BCUT2D eigenvalue weighted by Crippen LogP contribution is -2.47. The van der Waals surface area contributed by atoms with Crippen LogP contribution in [-0.2, 0) is 6.42 Å². The lowest BCUT2D eigenvalue weighted by atomic mass is 9.89. The molecule has 1 aromatic rings. The summed E-state index contributed by atoms with van der Waals surface area (Å²) >= 11 is 0. The maximum absolute atomic E-state index is 10.1. The number of aromatic nitrogens is 1. The van der Waals surface area contributed by atoms with Gasteiger partial charge in [0.2, 0.25) is 0 Å². The van der Waals surface area contributed by atoms with Crippen molar-refractivity contribution in [2.24, 2.45) is 0 Å². The summed E-state index contributed by atoms with van der Waals surface area (Å²) in [6, 6.07) is 1.80. The second-order valence-electron chi connectivity index (χ2n) is 3.67. The van der Waals surface area contributed by atoms with Gasteiger partial charge in [-0.05, 0) is 19.4 Å². The quantitative estimate of drug-likeness (QED) is 0.692. The van der Waals surface area contributed by atoms with E-state index in [4.69, 9.17) is 4.52 Å². The van der Waals surface area contributed by atoms with Gasteiger partial charge in [-0.25, -0.2) is 0 Å². The molecule has 2 rings (SSSR count). The topological polar surface area (TPSA) is 58.3 Å². The fourth-order valence-corrected chi connectivity index (χ4v) is 1.77. The first-order chi connectivity index (χ1) is 6.29. The van der Waals surface area contributed by atoms with Crippen molar-refractivity contribution in [3.05, 3.63) is 18.0 Å². The first-order valence-corrected chi connectivity index (χ1v) is 4.61. The molecule has 4 heteroatoms. The van der Waals surface area contributed by atoms with E-state index in [0.29, 0.717) is 13.0 Å². The lowest BCUT2D eigenvalue weighted by Gasteiger charge is -2.31. The van der Waals surface area contributed by atoms with E-state index in [2.05, 4.69) is 10.5 Å². The van der Waals surface area contributed by atoms with Crippen LogP contribution in [0, 0.1) is 0 Å². The summed E-state index contributed by atoms with van der Waals surface area (Å²) in [7, 11) is 0. The maximum atomic E-state index is 10.1. The van der Waals surface area contributed by atoms with Gasteiger partial charge < -0.3 is 14.9 Å². The normalized spacial score (nSPS) is 29.0. The second-order valence-corrected chi connectivity index (χ2v) is 3.67. The van der Waals surface area contributed by atoms with E-state index in [-0.39, 0.29) is 0 Å². The molecule has 1 saturated heterocycles. The highest BCUT2D eigenvalue weighted by Crippen LogP contribution is 2.20. The number of hydrogen-bond donors (Lipinski definition) is 2. The maximum Gasteiger partial charge on any atom is 0.124 e. The van der Waals surface area contributed by atoms with Crippen molar-refractivity contribution in [3.8, 4) is 0 Å². The summed E-state index contributed by atoms with van der Waals surface area (Å²) in [5.41, 5.74) is 0.195. The second kappa shape index (κ2) is 3.47. The van der Waals surface area contributed by atoms with Gasteiger partial charge in [0.15, 0.2) is 0 Å². The number of nitrogens with zero attached hydrogens (tertiary/aromatic N) is 1. The third-order valence-corrected chi connectivity index (χ3v) is 2.45. The fourth-order valence-electron chi connectivity index (χ4n) is 1.77. The molecule has 0 radical (unpaired) electrons. The fraction of sp³-hybridized carbons (Fsp3) is 0.667. The van der Waals surface area contributed by atoms with Crippen LogP contribution < -0.4 is 5.32 Å². The average Bonchev–Trinajstić information content (AvgIpc) is 2.57. The molecule has 13 heavy (non-hydrogen) atoms. The van der Waals surface area contributed by atoms with E-state index in [9.17, 15) is 5.11 Å². The van der Waals surface area contributed by atoms with E-state index in [1.807, 2.05) is 0 Å². The zero-order chi connectivity index (χ0) is 9.15. The van der Waals surface area contributed by atoms with Crippen LogP contribution in [-0.4, -0.2) is 29.0 Å². The third-order valence-electron chi connectivity index (χ3n) is 2.45. The van der Waals surface area contributed by atoms with Crippen LogP contribution in [0.15, 0.2) is 16.9 Å². The van der Waals surface area contributed by atoms with E-state index < -0.39 is 5.60 Å². The summed E-state index contributed by atoms with van der Waals surface area (Å²) in [5.74, 6) is 0. The first-order valence-electron chi connectivity index (χ1n) is 4.61. The molecule has 1 aliphatic heterocycles. The lowest BCUT2D eigenvalue weighted by molar-refractivity contribution is 0.0155. The van der Waals surface area contributed by atoms with E-state index in [1.165, 1.54) is 6.26 Å². The van der Waals surface area contributed by atoms with Crippen molar-refractivity contribution in [3.63, 3.8) is 0 Å². The number of piperidine rings is 1. The van der Waals surface area contributed by atoms with E-state index >= 15 is 0 Å². The van der Waals surface area contributed by atoms with Crippen LogP contribution in [0.25, 0.3) is 0 Å². The summed E-state index contributed by atoms with van der Waals surface area (Å²) in [5, 5.41) is 17.1. The molecule has 0 aromatic carbocycles. The van der Waals surface area contributed by atoms with Gasteiger partial charge in [0, 0.05) is 19.0 Å². The molecule has 2 heterocycles. The molecular formula is C9H14N2O2. The van der Waals surface area contributed by atoms with Gasteiger partial charge in [-0.3, -0.25) is 0 Å². The minimum atomic E-state index is -0.630. The molecule has 1 atom stereocenters. The molecule has 1 aromatic heterocycles. The Labute approximate surface area is 76.9 Å². The molecule has 0 bridgehead atoms. The molecule has 4 nitrogen and oxygen atoms in total. The highest BCUT2D eigenvalue weighted by molar-refractivity contribution is 5.03. The molecule has 0 spiro atoms. The zero-order valence-electron chi connectivity index (χ0n) is 7.49. The van der Waals surface area contributed by atoms with Crippen molar-refractivity contribution in [1.29, 1.82) is 0 Å². The highest BCUT2D eigenvalue weighted by atomic mass is 16.5. The number of aliphatic hydroxyl groups is 1. The zero-order valence-corrected chi connectivity index (χ0v) is 7.49. The van der Waals surface area contributed by atoms with Gasteiger partial charge in [-0.15, -0.1) is 0 Å². The van der Waals surface area contributed by atoms with Gasteiger partial charge in [0.1, 0.15) is 6.26 Å². The van der Waals surface area contributed by atoms with Crippen molar-refractivity contribution in [2.45, 2.75) is 24.9 Å². The van der Waals surface area contributed by atoms with Crippen LogP contribution in [0.2, 0.25) is 0 Å². The van der Waals surface area contributed by atoms with Crippen LogP contribution in [0.4, 0.5) is 0 Å². The number of rotatable bonds is 2. The number of nitrogens with one attached hydrogen (secondary N) is 1. The molecule has 2 N–H and O–H groups in total. The Bertz CT molecular complexity index is 253. The van der Waals surface area contributed by atoms with Gasteiger partial charge in [-0.2, -0.15) is 0 Å². The minimum Gasteiger partial charge on any atom is -0.388 e. The molecule has 0 aliphatic carbocycles. The number of hydrogen-bond acceptors (Lipinski definition) is 4. The molecular weight excluding hydrogens is 168 g/mol. The summed E-state index contributed by atoms with van der Waals surface area (Å²) in [6.07, 6.45) is 3.98. The summed E-state index contributed by atoms with van der Waals surface area (Å²) in [4.78, 5) is 0. The molecule has 72 valence electrons. The third kappa shape index (κ3) is 2.08. The SMILES string of the molecule is OC1(Cc2ccon2)CCCNC1. The van der Waals surface area contributed by atoms with Crippen LogP contribution in [0.5, 0.6) is 0 Å². The highest BCUT2D eigenvalue weighted by Gasteiger charge is 2.30. The minimum absolute atomic E-state index is 0.580. The largest absolute Gasteiger partial charge is 0.388 e. The van der Waals surface area contributed by atoms with E-state index in [1.54, 1.807) is 6.07 Å². The Balaban J connectivity index is 1.99. The average molecular weight is 182 g/mol. The van der Waals surface area contributed by atoms with Crippen LogP contribution in [0.1, 0.15) is 18.5 Å². The van der Waals surface area contributed by atoms with Crippen molar-refractivity contribution in [2.75, 3.05) is 13.1 Å². The molecule has 1 unspecified atom stereocenters. The van der Waals surface area contributed by atoms with Crippen molar-refractivity contribution in [1.82, 2.24) is 10.5 Å². The van der Waals surface area contributed by atoms with Crippen LogP contribution in [0.3, 0.4) is 0 Å². The van der Waals surface area contributed by atoms with Crippen molar-refractivity contribution < 1.29 is 9.63 Å². The predicted octanol–water partition coefficient (Wildman–Crippen LogP) is 0.332. The predicted molar refractivity (Wildman–Crippen MR) is 47.3 cm³/mol. The Morgan fingerprint density at radius 1 is 1.69 bits per heavy atom. The first kappa shape index (κ1) is 8.72. The molecule has 0 saturated carbocycles. The number of β-amino-alcohol motifs (C(OH)–C–C–N with tert-alkyl or cyclic N) is 1. The summed E-state index contributed by atoms with van der Waals surface area (Å²) < 4.78 is 4.72. The van der Waals surface area contributed by atoms with Gasteiger partial charge >= 0.3 is 0 Å². The Hall–Kier alpha value is -0.870. The molecule has 0 amide bonds. The Kier molecular flexibility index (Phi) is 2.33.